The van der Waals surface area contributed by atoms with E-state index >= 15 is 0 Å². The SMILES string of the molecule is CC1CC2CCCCC2N1C(=O)CCn1nnc2ccccc2c1=O. The normalized spacial score (nSPS) is 26.0. The number of likely N-dealkylation sites (tertiary alicyclic amines) is 1. The Morgan fingerprint density at radius 2 is 2.04 bits per heavy atom. The van der Waals surface area contributed by atoms with Gasteiger partial charge in [0.15, 0.2) is 0 Å². The fourth-order valence-electron chi connectivity index (χ4n) is 4.64. The largest absolute Gasteiger partial charge is 0.337 e. The number of benzene rings is 1. The Kier molecular flexibility index (Phi) is 4.27. The van der Waals surface area contributed by atoms with Crippen LogP contribution in [-0.2, 0) is 11.3 Å². The standard InChI is InChI=1S/C19H24N4O2/c1-13-12-14-6-2-5-9-17(14)23(13)18(24)10-11-22-19(25)15-7-3-4-8-16(15)20-21-22/h3-4,7-8,13-14,17H,2,5-6,9-12H2,1H3. The minimum absolute atomic E-state index is 0.142. The van der Waals surface area contributed by atoms with Crippen LogP contribution < -0.4 is 5.56 Å². The van der Waals surface area contributed by atoms with E-state index in [0.29, 0.717) is 35.3 Å². The molecule has 1 aliphatic heterocycles. The summed E-state index contributed by atoms with van der Waals surface area (Å²) in [5.74, 6) is 0.805. The van der Waals surface area contributed by atoms with Crippen molar-refractivity contribution in [1.82, 2.24) is 19.9 Å². The van der Waals surface area contributed by atoms with Crippen molar-refractivity contribution < 1.29 is 4.79 Å². The van der Waals surface area contributed by atoms with Gasteiger partial charge in [-0.15, -0.1) is 5.10 Å². The minimum Gasteiger partial charge on any atom is -0.337 e. The lowest BCUT2D eigenvalue weighted by Crippen LogP contribution is -2.43. The Morgan fingerprint density at radius 1 is 1.24 bits per heavy atom. The van der Waals surface area contributed by atoms with Gasteiger partial charge in [-0.2, -0.15) is 0 Å². The summed E-state index contributed by atoms with van der Waals surface area (Å²) in [4.78, 5) is 27.4. The van der Waals surface area contributed by atoms with Crippen molar-refractivity contribution in [3.63, 3.8) is 0 Å². The van der Waals surface area contributed by atoms with E-state index < -0.39 is 0 Å². The van der Waals surface area contributed by atoms with Crippen LogP contribution in [0.5, 0.6) is 0 Å². The van der Waals surface area contributed by atoms with Crippen molar-refractivity contribution in [1.29, 1.82) is 0 Å². The van der Waals surface area contributed by atoms with Gasteiger partial charge < -0.3 is 4.90 Å². The van der Waals surface area contributed by atoms with Gasteiger partial charge in [0.25, 0.3) is 5.56 Å². The maximum atomic E-state index is 12.8. The van der Waals surface area contributed by atoms with Gasteiger partial charge in [-0.1, -0.05) is 30.2 Å². The number of rotatable bonds is 3. The zero-order valence-corrected chi connectivity index (χ0v) is 14.6. The Labute approximate surface area is 146 Å². The van der Waals surface area contributed by atoms with E-state index in [0.717, 1.165) is 12.8 Å². The Balaban J connectivity index is 1.49. The Hall–Kier alpha value is -2.24. The summed E-state index contributed by atoms with van der Waals surface area (Å²) >= 11 is 0. The molecule has 6 nitrogen and oxygen atoms in total. The lowest BCUT2D eigenvalue weighted by atomic mass is 9.85. The quantitative estimate of drug-likeness (QED) is 0.860. The first-order chi connectivity index (χ1) is 12.1. The topological polar surface area (TPSA) is 68.1 Å². The number of aryl methyl sites for hydroxylation is 1. The van der Waals surface area contributed by atoms with E-state index in [1.54, 1.807) is 12.1 Å². The first-order valence-corrected chi connectivity index (χ1v) is 9.29. The molecule has 1 aliphatic carbocycles. The van der Waals surface area contributed by atoms with Crippen molar-refractivity contribution in [2.24, 2.45) is 5.92 Å². The van der Waals surface area contributed by atoms with Crippen LogP contribution in [0.25, 0.3) is 10.9 Å². The van der Waals surface area contributed by atoms with E-state index in [1.165, 1.54) is 23.9 Å². The van der Waals surface area contributed by atoms with Crippen LogP contribution in [0.2, 0.25) is 0 Å². The Morgan fingerprint density at radius 3 is 2.92 bits per heavy atom. The summed E-state index contributed by atoms with van der Waals surface area (Å²) in [6, 6.07) is 7.87. The van der Waals surface area contributed by atoms with Crippen molar-refractivity contribution in [3.8, 4) is 0 Å². The molecule has 0 N–H and O–H groups in total. The smallest absolute Gasteiger partial charge is 0.277 e. The zero-order chi connectivity index (χ0) is 17.4. The van der Waals surface area contributed by atoms with Gasteiger partial charge in [0.2, 0.25) is 5.91 Å². The molecule has 0 spiro atoms. The molecule has 1 aromatic carbocycles. The highest BCUT2D eigenvalue weighted by atomic mass is 16.2. The highest BCUT2D eigenvalue weighted by Gasteiger charge is 2.42. The number of aromatic nitrogens is 3. The zero-order valence-electron chi connectivity index (χ0n) is 14.6. The highest BCUT2D eigenvalue weighted by molar-refractivity contribution is 5.78. The predicted molar refractivity (Wildman–Crippen MR) is 95.1 cm³/mol. The molecule has 2 aromatic rings. The molecule has 4 rings (SSSR count). The summed E-state index contributed by atoms with van der Waals surface area (Å²) < 4.78 is 1.32. The van der Waals surface area contributed by atoms with Crippen molar-refractivity contribution >= 4 is 16.8 Å². The van der Waals surface area contributed by atoms with Crippen molar-refractivity contribution in [2.45, 2.75) is 64.1 Å². The Bertz CT molecular complexity index is 847. The summed E-state index contributed by atoms with van der Waals surface area (Å²) in [6.07, 6.45) is 6.29. The van der Waals surface area contributed by atoms with E-state index in [9.17, 15) is 9.59 Å². The second-order valence-electron chi connectivity index (χ2n) is 7.38. The number of hydrogen-bond acceptors (Lipinski definition) is 4. The predicted octanol–water partition coefficient (Wildman–Crippen LogP) is 2.36. The molecule has 132 valence electrons. The van der Waals surface area contributed by atoms with Gasteiger partial charge in [0, 0.05) is 18.5 Å². The fourth-order valence-corrected chi connectivity index (χ4v) is 4.64. The van der Waals surface area contributed by atoms with Crippen LogP contribution >= 0.6 is 0 Å². The van der Waals surface area contributed by atoms with Gasteiger partial charge >= 0.3 is 0 Å². The molecule has 1 saturated carbocycles. The van der Waals surface area contributed by atoms with E-state index in [1.807, 2.05) is 12.1 Å². The fraction of sp³-hybridized carbons (Fsp3) is 0.579. The van der Waals surface area contributed by atoms with Gasteiger partial charge in [-0.3, -0.25) is 9.59 Å². The molecular weight excluding hydrogens is 316 g/mol. The van der Waals surface area contributed by atoms with Crippen LogP contribution in [0.4, 0.5) is 0 Å². The lowest BCUT2D eigenvalue weighted by Gasteiger charge is -2.33. The monoisotopic (exact) mass is 340 g/mol. The van der Waals surface area contributed by atoms with Gasteiger partial charge in [-0.05, 0) is 44.2 Å². The van der Waals surface area contributed by atoms with Gasteiger partial charge in [0.05, 0.1) is 11.9 Å². The molecule has 2 fully saturated rings. The van der Waals surface area contributed by atoms with Crippen LogP contribution in [0.15, 0.2) is 29.1 Å². The van der Waals surface area contributed by atoms with Gasteiger partial charge in [-0.25, -0.2) is 4.68 Å². The molecule has 2 heterocycles. The van der Waals surface area contributed by atoms with Crippen molar-refractivity contribution in [3.05, 3.63) is 34.6 Å². The number of hydrogen-bond donors (Lipinski definition) is 0. The maximum Gasteiger partial charge on any atom is 0.277 e. The van der Waals surface area contributed by atoms with Crippen molar-refractivity contribution in [2.75, 3.05) is 0 Å². The lowest BCUT2D eigenvalue weighted by molar-refractivity contribution is -0.134. The third kappa shape index (κ3) is 2.94. The summed E-state index contributed by atoms with van der Waals surface area (Å²) in [7, 11) is 0. The highest BCUT2D eigenvalue weighted by Crippen LogP contribution is 2.39. The molecule has 1 saturated heterocycles. The molecule has 2 aliphatic rings. The van der Waals surface area contributed by atoms with Crippen LogP contribution in [0.1, 0.15) is 45.4 Å². The minimum atomic E-state index is -0.177. The third-order valence-corrected chi connectivity index (χ3v) is 5.80. The summed E-state index contributed by atoms with van der Waals surface area (Å²) in [6.45, 7) is 2.44. The number of fused-ring (bicyclic) bond motifs is 2. The number of amides is 1. The van der Waals surface area contributed by atoms with E-state index in [-0.39, 0.29) is 18.0 Å². The molecule has 25 heavy (non-hydrogen) atoms. The maximum absolute atomic E-state index is 12.8. The average Bonchev–Trinajstić information content (AvgIpc) is 2.97. The molecule has 3 atom stereocenters. The molecule has 1 aromatic heterocycles. The second kappa shape index (κ2) is 6.58. The molecule has 0 bridgehead atoms. The molecule has 6 heteroatoms. The first-order valence-electron chi connectivity index (χ1n) is 9.29. The van der Waals surface area contributed by atoms with E-state index in [2.05, 4.69) is 22.1 Å². The molecule has 0 radical (unpaired) electrons. The average molecular weight is 340 g/mol. The van der Waals surface area contributed by atoms with E-state index in [4.69, 9.17) is 0 Å². The molecule has 1 amide bonds. The second-order valence-corrected chi connectivity index (χ2v) is 7.38. The van der Waals surface area contributed by atoms with Crippen LogP contribution in [0, 0.1) is 5.92 Å². The number of nitrogens with zero attached hydrogens (tertiary/aromatic N) is 4. The first kappa shape index (κ1) is 16.2. The summed E-state index contributed by atoms with van der Waals surface area (Å²) in [5.41, 5.74) is 0.414. The van der Waals surface area contributed by atoms with Gasteiger partial charge in [0.1, 0.15) is 5.52 Å². The van der Waals surface area contributed by atoms with Crippen LogP contribution in [0.3, 0.4) is 0 Å². The molecular formula is C19H24N4O2. The third-order valence-electron chi connectivity index (χ3n) is 5.80. The number of carbonyl (C=O) groups excluding carboxylic acids is 1. The number of carbonyl (C=O) groups is 1. The summed E-state index contributed by atoms with van der Waals surface area (Å²) in [5, 5.41) is 8.62. The van der Waals surface area contributed by atoms with Crippen LogP contribution in [-0.4, -0.2) is 37.9 Å². The molecule has 3 unspecified atom stereocenters.